The van der Waals surface area contributed by atoms with Gasteiger partial charge in [-0.15, -0.1) is 10.2 Å². The van der Waals surface area contributed by atoms with Crippen LogP contribution < -0.4 is 5.43 Å². The number of rotatable bonds is 5. The quantitative estimate of drug-likeness (QED) is 0.640. The van der Waals surface area contributed by atoms with Crippen LogP contribution in [0.4, 0.5) is 0 Å². The van der Waals surface area contributed by atoms with E-state index in [1.807, 2.05) is 0 Å². The van der Waals surface area contributed by atoms with Crippen molar-refractivity contribution < 1.29 is 9.53 Å². The van der Waals surface area contributed by atoms with Crippen LogP contribution in [0.1, 0.15) is 13.3 Å². The van der Waals surface area contributed by atoms with Crippen molar-refractivity contribution in [3.63, 3.8) is 0 Å². The van der Waals surface area contributed by atoms with Gasteiger partial charge >= 0.3 is 5.97 Å². The van der Waals surface area contributed by atoms with Crippen molar-refractivity contribution in [1.82, 2.24) is 14.9 Å². The molecule has 1 rings (SSSR count). The molecule has 1 aromatic rings. The minimum atomic E-state index is -0.205. The Balaban J connectivity index is 2.11. The van der Waals surface area contributed by atoms with Crippen LogP contribution in [0.5, 0.6) is 0 Å². The second-order valence-electron chi connectivity index (χ2n) is 2.33. The summed E-state index contributed by atoms with van der Waals surface area (Å²) in [5, 5.41) is 7.18. The Labute approximate surface area is 75.9 Å². The highest BCUT2D eigenvalue weighted by molar-refractivity contribution is 5.69. The molecule has 0 unspecified atom stereocenters. The van der Waals surface area contributed by atoms with Crippen LogP contribution in [0.15, 0.2) is 12.7 Å². The molecule has 0 aliphatic carbocycles. The lowest BCUT2D eigenvalue weighted by atomic mass is 10.4. The minimum absolute atomic E-state index is 0.205. The van der Waals surface area contributed by atoms with E-state index in [4.69, 9.17) is 4.74 Å². The zero-order valence-corrected chi connectivity index (χ0v) is 7.43. The van der Waals surface area contributed by atoms with Crippen LogP contribution in [0.2, 0.25) is 0 Å². The number of nitrogens with zero attached hydrogens (tertiary/aromatic N) is 3. The first-order chi connectivity index (χ1) is 6.33. The van der Waals surface area contributed by atoms with E-state index in [-0.39, 0.29) is 5.97 Å². The van der Waals surface area contributed by atoms with Gasteiger partial charge in [0.05, 0.1) is 13.0 Å². The van der Waals surface area contributed by atoms with E-state index in [2.05, 4.69) is 15.6 Å². The molecule has 0 aliphatic rings. The number of carbonyl (C=O) groups is 1. The van der Waals surface area contributed by atoms with Crippen LogP contribution in [0, 0.1) is 0 Å². The molecule has 0 fully saturated rings. The summed E-state index contributed by atoms with van der Waals surface area (Å²) in [6.45, 7) is 2.72. The molecule has 6 heteroatoms. The Hall–Kier alpha value is -1.59. The van der Waals surface area contributed by atoms with Gasteiger partial charge in [-0.05, 0) is 6.92 Å². The van der Waals surface area contributed by atoms with Gasteiger partial charge < -0.3 is 10.2 Å². The average molecular weight is 184 g/mol. The molecule has 0 aromatic carbocycles. The first-order valence-corrected chi connectivity index (χ1v) is 4.07. The molecule has 0 bridgehead atoms. The summed E-state index contributed by atoms with van der Waals surface area (Å²) in [5.74, 6) is -0.205. The fourth-order valence-electron chi connectivity index (χ4n) is 0.803. The number of ether oxygens (including phenoxy) is 1. The topological polar surface area (TPSA) is 69.0 Å². The lowest BCUT2D eigenvalue weighted by Gasteiger charge is -2.04. The highest BCUT2D eigenvalue weighted by Gasteiger charge is 1.99. The molecule has 1 N–H and O–H groups in total. The van der Waals surface area contributed by atoms with Crippen LogP contribution in [0.3, 0.4) is 0 Å². The lowest BCUT2D eigenvalue weighted by Crippen LogP contribution is -2.18. The molecule has 0 saturated carbocycles. The predicted octanol–water partition coefficient (Wildman–Crippen LogP) is -0.225. The lowest BCUT2D eigenvalue weighted by molar-refractivity contribution is -0.142. The van der Waals surface area contributed by atoms with Crippen LogP contribution in [-0.2, 0) is 9.53 Å². The maximum atomic E-state index is 10.9. The first-order valence-electron chi connectivity index (χ1n) is 4.07. The van der Waals surface area contributed by atoms with E-state index < -0.39 is 0 Å². The Morgan fingerprint density at radius 3 is 2.85 bits per heavy atom. The standard InChI is InChI=1S/C7H12N4O2/c1-2-13-7(12)3-4-10-11-5-8-9-6-11/h5-6,10H,2-4H2,1H3. The van der Waals surface area contributed by atoms with Crippen molar-refractivity contribution in [3.8, 4) is 0 Å². The second kappa shape index (κ2) is 5.13. The molecular formula is C7H12N4O2. The van der Waals surface area contributed by atoms with Gasteiger partial charge in [0, 0.05) is 6.54 Å². The summed E-state index contributed by atoms with van der Waals surface area (Å²) in [6, 6.07) is 0. The van der Waals surface area contributed by atoms with Crippen molar-refractivity contribution in [3.05, 3.63) is 12.7 Å². The molecule has 13 heavy (non-hydrogen) atoms. The molecule has 0 aliphatic heterocycles. The summed E-state index contributed by atoms with van der Waals surface area (Å²) in [7, 11) is 0. The summed E-state index contributed by atoms with van der Waals surface area (Å²) in [4.78, 5) is 10.9. The van der Waals surface area contributed by atoms with Crippen LogP contribution in [0.25, 0.3) is 0 Å². The molecule has 0 radical (unpaired) electrons. The van der Waals surface area contributed by atoms with Crippen molar-refractivity contribution in [2.75, 3.05) is 18.6 Å². The number of carbonyl (C=O) groups excluding carboxylic acids is 1. The Kier molecular flexibility index (Phi) is 3.74. The van der Waals surface area contributed by atoms with E-state index in [0.717, 1.165) is 0 Å². The van der Waals surface area contributed by atoms with Crippen molar-refractivity contribution in [2.24, 2.45) is 0 Å². The molecule has 0 saturated heterocycles. The number of esters is 1. The Morgan fingerprint density at radius 1 is 1.54 bits per heavy atom. The Bertz CT molecular complexity index is 247. The molecule has 0 spiro atoms. The Morgan fingerprint density at radius 2 is 2.23 bits per heavy atom. The van der Waals surface area contributed by atoms with Crippen LogP contribution in [-0.4, -0.2) is 34.0 Å². The van der Waals surface area contributed by atoms with E-state index in [1.165, 1.54) is 12.7 Å². The SMILES string of the molecule is CCOC(=O)CCNn1cnnc1. The minimum Gasteiger partial charge on any atom is -0.466 e. The van der Waals surface area contributed by atoms with Gasteiger partial charge in [0.1, 0.15) is 12.7 Å². The third-order valence-electron chi connectivity index (χ3n) is 1.35. The van der Waals surface area contributed by atoms with Crippen molar-refractivity contribution in [1.29, 1.82) is 0 Å². The smallest absolute Gasteiger partial charge is 0.307 e. The monoisotopic (exact) mass is 184 g/mol. The summed E-state index contributed by atoms with van der Waals surface area (Å²) >= 11 is 0. The van der Waals surface area contributed by atoms with E-state index in [1.54, 1.807) is 11.6 Å². The zero-order valence-electron chi connectivity index (χ0n) is 7.43. The molecule has 6 nitrogen and oxygen atoms in total. The normalized spacial score (nSPS) is 9.62. The molecule has 0 atom stereocenters. The van der Waals surface area contributed by atoms with Gasteiger partial charge in [-0.25, -0.2) is 4.68 Å². The van der Waals surface area contributed by atoms with Gasteiger partial charge in [0.15, 0.2) is 0 Å². The summed E-state index contributed by atoms with van der Waals surface area (Å²) in [5.41, 5.74) is 2.90. The van der Waals surface area contributed by atoms with Crippen LogP contribution >= 0.6 is 0 Å². The zero-order chi connectivity index (χ0) is 9.52. The van der Waals surface area contributed by atoms with Gasteiger partial charge in [0.2, 0.25) is 0 Å². The summed E-state index contributed by atoms with van der Waals surface area (Å²) in [6.07, 6.45) is 3.38. The summed E-state index contributed by atoms with van der Waals surface area (Å²) < 4.78 is 6.32. The third-order valence-corrected chi connectivity index (χ3v) is 1.35. The third kappa shape index (κ3) is 3.55. The van der Waals surface area contributed by atoms with E-state index in [0.29, 0.717) is 19.6 Å². The van der Waals surface area contributed by atoms with E-state index >= 15 is 0 Å². The van der Waals surface area contributed by atoms with Gasteiger partial charge in [0.25, 0.3) is 0 Å². The maximum absolute atomic E-state index is 10.9. The van der Waals surface area contributed by atoms with Gasteiger partial charge in [-0.1, -0.05) is 0 Å². The maximum Gasteiger partial charge on any atom is 0.307 e. The molecule has 0 amide bonds. The largest absolute Gasteiger partial charge is 0.466 e. The highest BCUT2D eigenvalue weighted by atomic mass is 16.5. The van der Waals surface area contributed by atoms with Gasteiger partial charge in [-0.2, -0.15) is 0 Å². The fraction of sp³-hybridized carbons (Fsp3) is 0.571. The number of nitrogens with one attached hydrogen (secondary N) is 1. The number of hydrogen-bond donors (Lipinski definition) is 1. The number of hydrogen-bond acceptors (Lipinski definition) is 5. The molecule has 1 aromatic heterocycles. The molecule has 1 heterocycles. The average Bonchev–Trinajstić information content (AvgIpc) is 2.57. The second-order valence-corrected chi connectivity index (χ2v) is 2.33. The molecular weight excluding hydrogens is 172 g/mol. The highest BCUT2D eigenvalue weighted by Crippen LogP contribution is 1.85. The fourth-order valence-corrected chi connectivity index (χ4v) is 0.803. The van der Waals surface area contributed by atoms with E-state index in [9.17, 15) is 4.79 Å². The predicted molar refractivity (Wildman–Crippen MR) is 45.5 cm³/mol. The number of aromatic nitrogens is 3. The van der Waals surface area contributed by atoms with Crippen molar-refractivity contribution >= 4 is 5.97 Å². The van der Waals surface area contributed by atoms with Gasteiger partial charge in [-0.3, -0.25) is 4.79 Å². The van der Waals surface area contributed by atoms with Crippen molar-refractivity contribution in [2.45, 2.75) is 13.3 Å². The first kappa shape index (κ1) is 9.50. The molecule has 72 valence electrons.